The maximum Gasteiger partial charge on any atom is 0.330 e. The van der Waals surface area contributed by atoms with Crippen LogP contribution in [0.2, 0.25) is 0 Å². The van der Waals surface area contributed by atoms with Gasteiger partial charge in [-0.1, -0.05) is 114 Å². The Bertz CT molecular complexity index is 1040. The van der Waals surface area contributed by atoms with Gasteiger partial charge in [-0.3, -0.25) is 0 Å². The normalized spacial score (nSPS) is 11.2. The lowest BCUT2D eigenvalue weighted by Gasteiger charge is -2.16. The Morgan fingerprint density at radius 3 is 1.33 bits per heavy atom. The number of carbonyl (C=O) groups excluding carboxylic acids is 2. The summed E-state index contributed by atoms with van der Waals surface area (Å²) in [5, 5.41) is 0. The standard InChI is InChI=1S/C36H50O6/c1-5-7-9-11-13-15-27-41-33(37)25-23-29-19-17-21-31(35(29)39-3)32-22-18-20-30(36(32)40-4)24-26-34(38)42-28-16-14-12-10-8-6-2/h17-26H,5-16,27-28H2,1-4H3/b25-23+,26-24+. The second kappa shape index (κ2) is 21.2. The first kappa shape index (κ1) is 34.7. The number of ether oxygens (including phenoxy) is 4. The molecule has 0 spiro atoms. The van der Waals surface area contributed by atoms with Crippen LogP contribution in [0, 0.1) is 0 Å². The van der Waals surface area contributed by atoms with Crippen molar-refractivity contribution in [1.29, 1.82) is 0 Å². The molecule has 0 saturated carbocycles. The van der Waals surface area contributed by atoms with Crippen LogP contribution in [-0.2, 0) is 19.1 Å². The number of para-hydroxylation sites is 2. The van der Waals surface area contributed by atoms with Gasteiger partial charge in [0, 0.05) is 34.4 Å². The Balaban J connectivity index is 2.06. The van der Waals surface area contributed by atoms with Crippen LogP contribution < -0.4 is 9.47 Å². The molecule has 0 bridgehead atoms. The molecule has 0 aliphatic rings. The Morgan fingerprint density at radius 1 is 0.571 bits per heavy atom. The van der Waals surface area contributed by atoms with Crippen molar-refractivity contribution in [3.8, 4) is 22.6 Å². The number of hydrogen-bond donors (Lipinski definition) is 0. The molecule has 0 aromatic heterocycles. The van der Waals surface area contributed by atoms with Gasteiger partial charge in [0.1, 0.15) is 11.5 Å². The van der Waals surface area contributed by atoms with Crippen LogP contribution in [0.4, 0.5) is 0 Å². The maximum absolute atomic E-state index is 12.3. The van der Waals surface area contributed by atoms with Crippen molar-refractivity contribution in [3.05, 3.63) is 59.7 Å². The molecule has 2 rings (SSSR count). The summed E-state index contributed by atoms with van der Waals surface area (Å²) in [6, 6.07) is 11.5. The molecule has 2 aromatic rings. The molecule has 0 unspecified atom stereocenters. The van der Waals surface area contributed by atoms with Crippen LogP contribution >= 0.6 is 0 Å². The van der Waals surface area contributed by atoms with Gasteiger partial charge in [0.15, 0.2) is 0 Å². The fraction of sp³-hybridized carbons (Fsp3) is 0.500. The first-order chi connectivity index (χ1) is 20.5. The van der Waals surface area contributed by atoms with Gasteiger partial charge in [0.05, 0.1) is 27.4 Å². The van der Waals surface area contributed by atoms with Crippen LogP contribution in [-0.4, -0.2) is 39.4 Å². The number of hydrogen-bond acceptors (Lipinski definition) is 6. The Labute approximate surface area is 253 Å². The van der Waals surface area contributed by atoms with Crippen molar-refractivity contribution in [2.24, 2.45) is 0 Å². The molecular formula is C36H50O6. The van der Waals surface area contributed by atoms with Crippen LogP contribution in [0.25, 0.3) is 23.3 Å². The fourth-order valence-electron chi connectivity index (χ4n) is 4.77. The summed E-state index contributed by atoms with van der Waals surface area (Å²) in [5.41, 5.74) is 3.09. The average Bonchev–Trinajstić information content (AvgIpc) is 3.01. The smallest absolute Gasteiger partial charge is 0.330 e. The van der Waals surface area contributed by atoms with Crippen molar-refractivity contribution < 1.29 is 28.5 Å². The average molecular weight is 579 g/mol. The van der Waals surface area contributed by atoms with Crippen molar-refractivity contribution in [1.82, 2.24) is 0 Å². The first-order valence-corrected chi connectivity index (χ1v) is 15.6. The summed E-state index contributed by atoms with van der Waals surface area (Å²) in [4.78, 5) is 24.6. The second-order valence-corrected chi connectivity index (χ2v) is 10.4. The predicted molar refractivity (Wildman–Crippen MR) is 172 cm³/mol. The number of rotatable bonds is 21. The van der Waals surface area contributed by atoms with Crippen LogP contribution in [0.1, 0.15) is 102 Å². The third kappa shape index (κ3) is 12.5. The molecule has 0 aliphatic heterocycles. The molecule has 0 atom stereocenters. The van der Waals surface area contributed by atoms with Crippen molar-refractivity contribution >= 4 is 24.1 Å². The van der Waals surface area contributed by atoms with Gasteiger partial charge >= 0.3 is 11.9 Å². The lowest BCUT2D eigenvalue weighted by Crippen LogP contribution is -2.02. The fourth-order valence-corrected chi connectivity index (χ4v) is 4.77. The summed E-state index contributed by atoms with van der Waals surface area (Å²) in [6.45, 7) is 5.25. The van der Waals surface area contributed by atoms with E-state index in [0.29, 0.717) is 24.7 Å². The number of carbonyl (C=O) groups is 2. The SMILES string of the molecule is CCCCCCCCOC(=O)/C=C/c1cccc(-c2cccc(/C=C/C(=O)OCCCCCCCC)c2OC)c1OC. The molecule has 6 heteroatoms. The minimum atomic E-state index is -0.371. The highest BCUT2D eigenvalue weighted by molar-refractivity contribution is 5.91. The van der Waals surface area contributed by atoms with Gasteiger partial charge in [-0.15, -0.1) is 0 Å². The van der Waals surface area contributed by atoms with Crippen LogP contribution in [0.5, 0.6) is 11.5 Å². The highest BCUT2D eigenvalue weighted by atomic mass is 16.5. The monoisotopic (exact) mass is 578 g/mol. The molecule has 0 N–H and O–H groups in total. The van der Waals surface area contributed by atoms with Gasteiger partial charge in [-0.2, -0.15) is 0 Å². The number of esters is 2. The van der Waals surface area contributed by atoms with E-state index in [0.717, 1.165) is 47.9 Å². The highest BCUT2D eigenvalue weighted by Gasteiger charge is 2.16. The minimum absolute atomic E-state index is 0.371. The quantitative estimate of drug-likeness (QED) is 0.0835. The highest BCUT2D eigenvalue weighted by Crippen LogP contribution is 2.40. The van der Waals surface area contributed by atoms with Crippen LogP contribution in [0.3, 0.4) is 0 Å². The van der Waals surface area contributed by atoms with Crippen molar-refractivity contribution in [2.75, 3.05) is 27.4 Å². The van der Waals surface area contributed by atoms with E-state index < -0.39 is 0 Å². The van der Waals surface area contributed by atoms with E-state index in [9.17, 15) is 9.59 Å². The molecule has 0 saturated heterocycles. The zero-order chi connectivity index (χ0) is 30.4. The third-order valence-electron chi connectivity index (χ3n) is 7.07. The third-order valence-corrected chi connectivity index (χ3v) is 7.07. The van der Waals surface area contributed by atoms with Crippen molar-refractivity contribution in [2.45, 2.75) is 90.9 Å². The number of methoxy groups -OCH3 is 2. The summed E-state index contributed by atoms with van der Waals surface area (Å²) >= 11 is 0. The summed E-state index contributed by atoms with van der Waals surface area (Å²) in [6.07, 6.45) is 20.0. The molecule has 42 heavy (non-hydrogen) atoms. The Hall–Kier alpha value is -3.54. The molecule has 0 heterocycles. The molecule has 0 radical (unpaired) electrons. The second-order valence-electron chi connectivity index (χ2n) is 10.4. The minimum Gasteiger partial charge on any atom is -0.495 e. The van der Waals surface area contributed by atoms with E-state index in [2.05, 4.69) is 13.8 Å². The van der Waals surface area contributed by atoms with E-state index in [1.54, 1.807) is 26.4 Å². The summed E-state index contributed by atoms with van der Waals surface area (Å²) in [7, 11) is 3.20. The van der Waals surface area contributed by atoms with E-state index in [4.69, 9.17) is 18.9 Å². The zero-order valence-corrected chi connectivity index (χ0v) is 26.1. The Kier molecular flexibility index (Phi) is 17.5. The Morgan fingerprint density at radius 2 is 0.952 bits per heavy atom. The van der Waals surface area contributed by atoms with Gasteiger partial charge in [-0.05, 0) is 25.0 Å². The van der Waals surface area contributed by atoms with Gasteiger partial charge in [0.2, 0.25) is 0 Å². The molecule has 0 fully saturated rings. The van der Waals surface area contributed by atoms with E-state index in [1.165, 1.54) is 63.5 Å². The summed E-state index contributed by atoms with van der Waals surface area (Å²) in [5.74, 6) is 0.471. The van der Waals surface area contributed by atoms with Crippen LogP contribution in [0.15, 0.2) is 48.6 Å². The lowest BCUT2D eigenvalue weighted by molar-refractivity contribution is -0.138. The lowest BCUT2D eigenvalue weighted by atomic mass is 9.97. The van der Waals surface area contributed by atoms with E-state index in [-0.39, 0.29) is 11.9 Å². The molecule has 230 valence electrons. The molecule has 2 aromatic carbocycles. The largest absolute Gasteiger partial charge is 0.495 e. The molecule has 6 nitrogen and oxygen atoms in total. The van der Waals surface area contributed by atoms with Gasteiger partial charge in [-0.25, -0.2) is 9.59 Å². The van der Waals surface area contributed by atoms with Crippen molar-refractivity contribution in [3.63, 3.8) is 0 Å². The van der Waals surface area contributed by atoms with E-state index in [1.807, 2.05) is 36.4 Å². The zero-order valence-electron chi connectivity index (χ0n) is 26.1. The predicted octanol–water partition coefficient (Wildman–Crippen LogP) is 9.20. The maximum atomic E-state index is 12.3. The number of unbranched alkanes of at least 4 members (excludes halogenated alkanes) is 10. The molecular weight excluding hydrogens is 528 g/mol. The molecule has 0 aliphatic carbocycles. The van der Waals surface area contributed by atoms with Gasteiger partial charge < -0.3 is 18.9 Å². The number of benzene rings is 2. The summed E-state index contributed by atoms with van der Waals surface area (Å²) < 4.78 is 22.3. The first-order valence-electron chi connectivity index (χ1n) is 15.6. The molecule has 0 amide bonds. The van der Waals surface area contributed by atoms with Gasteiger partial charge in [0.25, 0.3) is 0 Å². The topological polar surface area (TPSA) is 71.1 Å². The van der Waals surface area contributed by atoms with E-state index >= 15 is 0 Å².